The molecule has 2 N–H and O–H groups in total. The monoisotopic (exact) mass is 1260 g/mol. The number of ether oxygens (including phenoxy) is 1. The molecular weight excluding hydrogens is 1120 g/mol. The van der Waals surface area contributed by atoms with E-state index in [0.29, 0.717) is 17.4 Å². The fraction of sp³-hybridized carbons (Fsp3) is 0.772. The second-order valence-electron chi connectivity index (χ2n) is 26.5. The van der Waals surface area contributed by atoms with Crippen LogP contribution >= 0.6 is 7.82 Å². The third-order valence-corrected chi connectivity index (χ3v) is 17.5. The van der Waals surface area contributed by atoms with Crippen molar-refractivity contribution in [2.45, 2.75) is 354 Å². The Labute approximate surface area is 551 Å². The number of quaternary nitrogens is 1. The molecule has 516 valence electrons. The van der Waals surface area contributed by atoms with E-state index in [1.807, 2.05) is 33.3 Å². The molecule has 9 nitrogen and oxygen atoms in total. The number of rotatable bonds is 68. The van der Waals surface area contributed by atoms with Crippen LogP contribution in [0.2, 0.25) is 0 Å². The molecule has 0 aromatic rings. The van der Waals surface area contributed by atoms with E-state index in [4.69, 9.17) is 13.8 Å². The standard InChI is InChI=1S/C79H143N2O7P/c1-7-10-13-16-19-22-25-27-29-31-33-35-37-39-40-42-43-45-47-49-51-53-56-59-62-65-68-71-78(82)80-76(75-87-89(84,85)86-74-73-81(4,5)6)77(70-67-64-61-58-55-24-21-18-15-12-9-3)88-79(83)72-69-66-63-60-57-54-52-50-48-46-44-41-38-36-34-32-30-28-26-23-20-17-14-11-8-2/h19-20,22-23,27-30,33-36,41,44,67,70,76-77H,7-18,21,24-26,31-32,37-40,42-43,45-66,68-69,71-75H2,1-6H3,(H-,80,82,84,85)/p+1/b22-19-,23-20-,29-27-,30-28-,35-33-,36-34-,44-41-,70-67+. The highest BCUT2D eigenvalue weighted by molar-refractivity contribution is 7.47. The number of amides is 1. The van der Waals surface area contributed by atoms with Gasteiger partial charge in [0.25, 0.3) is 0 Å². The molecule has 0 aromatic carbocycles. The maximum atomic E-state index is 13.6. The zero-order valence-electron chi connectivity index (χ0n) is 59.2. The number of nitrogens with one attached hydrogen (secondary N) is 1. The van der Waals surface area contributed by atoms with Gasteiger partial charge in [0.2, 0.25) is 5.91 Å². The lowest BCUT2D eigenvalue weighted by Gasteiger charge is -2.27. The topological polar surface area (TPSA) is 111 Å². The number of phosphoric ester groups is 1. The number of carbonyl (C=O) groups excluding carboxylic acids is 2. The Balaban J connectivity index is 4.97. The molecule has 0 radical (unpaired) electrons. The zero-order chi connectivity index (χ0) is 64.9. The third kappa shape index (κ3) is 69.1. The number of allylic oxidation sites excluding steroid dienone is 15. The lowest BCUT2D eigenvalue weighted by atomic mass is 10.0. The fourth-order valence-corrected chi connectivity index (χ4v) is 11.4. The second kappa shape index (κ2) is 67.8. The Kier molecular flexibility index (Phi) is 65.5. The van der Waals surface area contributed by atoms with E-state index in [1.54, 1.807) is 0 Å². The molecule has 10 heteroatoms. The van der Waals surface area contributed by atoms with Gasteiger partial charge in [-0.05, 0) is 115 Å². The first-order valence-electron chi connectivity index (χ1n) is 37.6. The van der Waals surface area contributed by atoms with Crippen molar-refractivity contribution in [3.63, 3.8) is 0 Å². The van der Waals surface area contributed by atoms with E-state index in [2.05, 4.69) is 111 Å². The maximum absolute atomic E-state index is 13.6. The Morgan fingerprint density at radius 2 is 0.685 bits per heavy atom. The molecule has 0 rings (SSSR count). The fourth-order valence-electron chi connectivity index (χ4n) is 10.7. The summed E-state index contributed by atoms with van der Waals surface area (Å²) in [6.07, 6.45) is 92.8. The summed E-state index contributed by atoms with van der Waals surface area (Å²) < 4.78 is 30.9. The summed E-state index contributed by atoms with van der Waals surface area (Å²) in [5.74, 6) is -0.507. The Bertz CT molecular complexity index is 1840. The largest absolute Gasteiger partial charge is 0.472 e. The molecule has 0 saturated carbocycles. The molecule has 89 heavy (non-hydrogen) atoms. The number of phosphoric acid groups is 1. The molecule has 1 amide bonds. The number of esters is 1. The van der Waals surface area contributed by atoms with Crippen LogP contribution in [0.4, 0.5) is 0 Å². The minimum absolute atomic E-state index is 0.0362. The highest BCUT2D eigenvalue weighted by atomic mass is 31.2. The SMILES string of the molecule is CCCCC/C=C\C/C=C\C/C=C\C/C=C\CCCCCCCCCCCC(=O)OC(/C=C/CCCCCCCCCCC)C(COP(=O)(O)OCC[N+](C)(C)C)NC(=O)CCCCCCCCCCCCCCCC/C=C\C/C=C\C/C=C\CCCCC. The highest BCUT2D eigenvalue weighted by Crippen LogP contribution is 2.43. The molecule has 0 bridgehead atoms. The zero-order valence-corrected chi connectivity index (χ0v) is 60.1. The average molecular weight is 1270 g/mol. The van der Waals surface area contributed by atoms with Gasteiger partial charge in [0, 0.05) is 12.8 Å². The van der Waals surface area contributed by atoms with Crippen molar-refractivity contribution in [2.24, 2.45) is 0 Å². The first-order valence-corrected chi connectivity index (χ1v) is 39.1. The summed E-state index contributed by atoms with van der Waals surface area (Å²) >= 11 is 0. The lowest BCUT2D eigenvalue weighted by molar-refractivity contribution is -0.870. The number of likely N-dealkylation sites (N-methyl/N-ethyl adjacent to an activating group) is 1. The quantitative estimate of drug-likeness (QED) is 0.0205. The van der Waals surface area contributed by atoms with Gasteiger partial charge in [-0.25, -0.2) is 4.57 Å². The average Bonchev–Trinajstić information content (AvgIpc) is 3.64. The van der Waals surface area contributed by atoms with Gasteiger partial charge in [0.05, 0.1) is 33.8 Å². The van der Waals surface area contributed by atoms with Crippen LogP contribution < -0.4 is 5.32 Å². The van der Waals surface area contributed by atoms with Crippen LogP contribution in [0.5, 0.6) is 0 Å². The molecule has 0 aliphatic carbocycles. The van der Waals surface area contributed by atoms with Gasteiger partial charge < -0.3 is 19.4 Å². The van der Waals surface area contributed by atoms with Crippen molar-refractivity contribution in [1.29, 1.82) is 0 Å². The van der Waals surface area contributed by atoms with Gasteiger partial charge in [0.15, 0.2) is 0 Å². The molecule has 0 aliphatic heterocycles. The molecule has 3 atom stereocenters. The van der Waals surface area contributed by atoms with E-state index in [9.17, 15) is 19.0 Å². The molecule has 0 spiro atoms. The molecule has 0 saturated heterocycles. The maximum Gasteiger partial charge on any atom is 0.472 e. The predicted octanol–water partition coefficient (Wildman–Crippen LogP) is 24.2. The number of hydrogen-bond acceptors (Lipinski definition) is 6. The van der Waals surface area contributed by atoms with Gasteiger partial charge in [-0.3, -0.25) is 18.6 Å². The van der Waals surface area contributed by atoms with Gasteiger partial charge in [-0.1, -0.05) is 311 Å². The summed E-state index contributed by atoms with van der Waals surface area (Å²) in [6, 6.07) is -0.857. The van der Waals surface area contributed by atoms with Crippen molar-refractivity contribution < 1.29 is 37.3 Å². The molecule has 0 aromatic heterocycles. The minimum atomic E-state index is -4.46. The van der Waals surface area contributed by atoms with E-state index >= 15 is 0 Å². The Morgan fingerprint density at radius 1 is 0.393 bits per heavy atom. The lowest BCUT2D eigenvalue weighted by Crippen LogP contribution is -2.47. The van der Waals surface area contributed by atoms with Crippen LogP contribution in [0.15, 0.2) is 97.2 Å². The molecule has 0 fully saturated rings. The van der Waals surface area contributed by atoms with E-state index in [1.165, 1.54) is 205 Å². The minimum Gasteiger partial charge on any atom is -0.456 e. The summed E-state index contributed by atoms with van der Waals surface area (Å²) in [6.45, 7) is 6.98. The van der Waals surface area contributed by atoms with Gasteiger partial charge in [0.1, 0.15) is 19.3 Å². The molecular formula is C79H144N2O7P+. The predicted molar refractivity (Wildman–Crippen MR) is 387 cm³/mol. The van der Waals surface area contributed by atoms with Crippen molar-refractivity contribution in [3.8, 4) is 0 Å². The second-order valence-corrected chi connectivity index (χ2v) is 27.9. The normalized spacial score (nSPS) is 14.0. The number of carbonyl (C=O) groups is 2. The Morgan fingerprint density at radius 3 is 1.04 bits per heavy atom. The summed E-state index contributed by atoms with van der Waals surface area (Å²) in [5.41, 5.74) is 0. The molecule has 3 unspecified atom stereocenters. The van der Waals surface area contributed by atoms with E-state index in [-0.39, 0.29) is 31.5 Å². The van der Waals surface area contributed by atoms with E-state index in [0.717, 1.165) is 103 Å². The van der Waals surface area contributed by atoms with Crippen LogP contribution in [0.1, 0.15) is 342 Å². The Hall–Kier alpha value is -3.07. The van der Waals surface area contributed by atoms with Gasteiger partial charge in [-0.2, -0.15) is 0 Å². The third-order valence-electron chi connectivity index (χ3n) is 16.5. The van der Waals surface area contributed by atoms with Crippen molar-refractivity contribution >= 4 is 19.7 Å². The summed E-state index contributed by atoms with van der Waals surface area (Å²) in [4.78, 5) is 38.0. The number of unbranched alkanes of at least 4 members (excludes halogenated alkanes) is 38. The number of nitrogens with zero attached hydrogens (tertiary/aromatic N) is 1. The highest BCUT2D eigenvalue weighted by Gasteiger charge is 2.30. The van der Waals surface area contributed by atoms with Gasteiger partial charge in [-0.15, -0.1) is 0 Å². The first kappa shape index (κ1) is 85.9. The van der Waals surface area contributed by atoms with Crippen molar-refractivity contribution in [3.05, 3.63) is 97.2 Å². The van der Waals surface area contributed by atoms with Crippen molar-refractivity contribution in [1.82, 2.24) is 5.32 Å². The van der Waals surface area contributed by atoms with Crippen LogP contribution in [0.25, 0.3) is 0 Å². The first-order chi connectivity index (χ1) is 43.4. The number of hydrogen-bond donors (Lipinski definition) is 2. The van der Waals surface area contributed by atoms with Crippen LogP contribution in [-0.4, -0.2) is 74.3 Å². The van der Waals surface area contributed by atoms with Crippen LogP contribution in [0.3, 0.4) is 0 Å². The van der Waals surface area contributed by atoms with Crippen molar-refractivity contribution in [2.75, 3.05) is 40.9 Å². The molecule has 0 heterocycles. The van der Waals surface area contributed by atoms with Crippen LogP contribution in [-0.2, 0) is 27.9 Å². The summed E-state index contributed by atoms with van der Waals surface area (Å²) in [5, 5.41) is 3.07. The van der Waals surface area contributed by atoms with Gasteiger partial charge >= 0.3 is 13.8 Å². The van der Waals surface area contributed by atoms with Crippen LogP contribution in [0, 0.1) is 0 Å². The summed E-state index contributed by atoms with van der Waals surface area (Å²) in [7, 11) is 1.49. The smallest absolute Gasteiger partial charge is 0.456 e. The van der Waals surface area contributed by atoms with E-state index < -0.39 is 20.0 Å². The molecule has 0 aliphatic rings.